The van der Waals surface area contributed by atoms with Crippen LogP contribution in [0, 0.1) is 11.6 Å². The maximum Gasteiger partial charge on any atom is 0.312 e. The van der Waals surface area contributed by atoms with Crippen molar-refractivity contribution >= 4 is 17.6 Å². The number of carbonyl (C=O) groups excluding carboxylic acids is 2. The van der Waals surface area contributed by atoms with E-state index >= 15 is 0 Å². The van der Waals surface area contributed by atoms with Crippen LogP contribution in [-0.4, -0.2) is 48.1 Å². The molecule has 166 valence electrons. The molecule has 3 amide bonds. The monoisotopic (exact) mass is 431 g/mol. The normalized spacial score (nSPS) is 19.1. The Labute approximate surface area is 179 Å². The number of carbonyl (C=O) groups is 2. The van der Waals surface area contributed by atoms with Crippen LogP contribution in [0.25, 0.3) is 0 Å². The molecule has 31 heavy (non-hydrogen) atoms. The quantitative estimate of drug-likeness (QED) is 0.512. The summed E-state index contributed by atoms with van der Waals surface area (Å²) in [6.07, 6.45) is 0.722. The van der Waals surface area contributed by atoms with Crippen molar-refractivity contribution in [3.8, 4) is 0 Å². The van der Waals surface area contributed by atoms with E-state index in [0.717, 1.165) is 0 Å². The SMILES string of the molecule is NC(=O)NC1CC(CNc2ccccc2F)N(C(=O)CC(N)Cc2ccccc2F)C1. The lowest BCUT2D eigenvalue weighted by atomic mass is 10.0. The van der Waals surface area contributed by atoms with Crippen molar-refractivity contribution in [3.63, 3.8) is 0 Å². The summed E-state index contributed by atoms with van der Waals surface area (Å²) < 4.78 is 27.8. The van der Waals surface area contributed by atoms with Crippen LogP contribution in [0.3, 0.4) is 0 Å². The third-order valence-corrected chi connectivity index (χ3v) is 5.36. The van der Waals surface area contributed by atoms with Gasteiger partial charge in [0.15, 0.2) is 0 Å². The van der Waals surface area contributed by atoms with Crippen LogP contribution < -0.4 is 22.1 Å². The van der Waals surface area contributed by atoms with E-state index in [-0.39, 0.29) is 43.2 Å². The molecule has 6 N–H and O–H groups in total. The Hall–Kier alpha value is -3.20. The number of anilines is 1. The summed E-state index contributed by atoms with van der Waals surface area (Å²) in [6.45, 7) is 0.573. The van der Waals surface area contributed by atoms with Crippen LogP contribution >= 0.6 is 0 Å². The number of hydrogen-bond donors (Lipinski definition) is 4. The van der Waals surface area contributed by atoms with E-state index in [1.807, 2.05) is 0 Å². The number of halogens is 2. The van der Waals surface area contributed by atoms with Gasteiger partial charge in [0.1, 0.15) is 11.6 Å². The van der Waals surface area contributed by atoms with Gasteiger partial charge in [-0.15, -0.1) is 0 Å². The van der Waals surface area contributed by atoms with Crippen molar-refractivity contribution in [2.45, 2.75) is 37.4 Å². The number of primary amides is 1. The van der Waals surface area contributed by atoms with Gasteiger partial charge in [-0.1, -0.05) is 30.3 Å². The largest absolute Gasteiger partial charge is 0.381 e. The van der Waals surface area contributed by atoms with E-state index in [4.69, 9.17) is 11.5 Å². The first-order valence-corrected chi connectivity index (χ1v) is 10.2. The van der Waals surface area contributed by atoms with Crippen LogP contribution in [0.4, 0.5) is 19.3 Å². The van der Waals surface area contributed by atoms with Crippen LogP contribution in [0.15, 0.2) is 48.5 Å². The third-order valence-electron chi connectivity index (χ3n) is 5.36. The molecule has 0 aliphatic carbocycles. The standard InChI is InChI=1S/C22H27F2N5O2/c23-18-6-2-1-5-14(18)9-15(25)10-21(30)29-13-16(28-22(26)31)11-17(29)12-27-20-8-4-3-7-19(20)24/h1-8,15-17,27H,9-13,25H2,(H3,26,28,31). The fourth-order valence-electron chi connectivity index (χ4n) is 3.91. The van der Waals surface area contributed by atoms with Gasteiger partial charge in [0.25, 0.3) is 0 Å². The minimum Gasteiger partial charge on any atom is -0.381 e. The first-order valence-electron chi connectivity index (χ1n) is 10.2. The van der Waals surface area contributed by atoms with E-state index in [9.17, 15) is 18.4 Å². The summed E-state index contributed by atoms with van der Waals surface area (Å²) in [6, 6.07) is 10.7. The molecule has 1 heterocycles. The van der Waals surface area contributed by atoms with E-state index in [1.54, 1.807) is 41.3 Å². The Morgan fingerprint density at radius 3 is 2.45 bits per heavy atom. The number of para-hydroxylation sites is 1. The van der Waals surface area contributed by atoms with Crippen molar-refractivity contribution in [2.75, 3.05) is 18.4 Å². The van der Waals surface area contributed by atoms with Gasteiger partial charge in [-0.3, -0.25) is 4.79 Å². The molecular formula is C22H27F2N5O2. The Balaban J connectivity index is 1.64. The zero-order chi connectivity index (χ0) is 22.4. The summed E-state index contributed by atoms with van der Waals surface area (Å²) in [7, 11) is 0. The zero-order valence-electron chi connectivity index (χ0n) is 17.1. The summed E-state index contributed by atoms with van der Waals surface area (Å²) in [4.78, 5) is 25.8. The lowest BCUT2D eigenvalue weighted by molar-refractivity contribution is -0.132. The summed E-state index contributed by atoms with van der Waals surface area (Å²) in [5.74, 6) is -0.959. The maximum absolute atomic E-state index is 13.9. The number of rotatable bonds is 8. The zero-order valence-corrected chi connectivity index (χ0v) is 17.1. The Bertz CT molecular complexity index is 926. The van der Waals surface area contributed by atoms with Crippen molar-refractivity contribution in [3.05, 3.63) is 65.7 Å². The molecule has 2 aromatic rings. The lowest BCUT2D eigenvalue weighted by Crippen LogP contribution is -2.44. The van der Waals surface area contributed by atoms with Gasteiger partial charge in [0.05, 0.1) is 17.8 Å². The number of nitrogens with one attached hydrogen (secondary N) is 2. The average Bonchev–Trinajstić information content (AvgIpc) is 3.11. The fraction of sp³-hybridized carbons (Fsp3) is 0.364. The number of benzene rings is 2. The maximum atomic E-state index is 13.9. The van der Waals surface area contributed by atoms with E-state index < -0.39 is 17.9 Å². The highest BCUT2D eigenvalue weighted by atomic mass is 19.1. The summed E-state index contributed by atoms with van der Waals surface area (Å²) >= 11 is 0. The van der Waals surface area contributed by atoms with E-state index in [2.05, 4.69) is 10.6 Å². The van der Waals surface area contributed by atoms with Gasteiger partial charge < -0.3 is 27.0 Å². The third kappa shape index (κ3) is 6.14. The molecule has 3 rings (SSSR count). The van der Waals surface area contributed by atoms with E-state index in [0.29, 0.717) is 24.2 Å². The Morgan fingerprint density at radius 1 is 1.10 bits per heavy atom. The van der Waals surface area contributed by atoms with Crippen molar-refractivity contribution in [2.24, 2.45) is 11.5 Å². The molecule has 7 nitrogen and oxygen atoms in total. The minimum absolute atomic E-state index is 0.0217. The van der Waals surface area contributed by atoms with Crippen molar-refractivity contribution in [1.29, 1.82) is 0 Å². The first-order chi connectivity index (χ1) is 14.8. The highest BCUT2D eigenvalue weighted by Crippen LogP contribution is 2.22. The highest BCUT2D eigenvalue weighted by molar-refractivity contribution is 5.78. The molecule has 1 saturated heterocycles. The lowest BCUT2D eigenvalue weighted by Gasteiger charge is -2.26. The second-order valence-corrected chi connectivity index (χ2v) is 7.76. The molecule has 1 fully saturated rings. The van der Waals surface area contributed by atoms with Crippen LogP contribution in [0.2, 0.25) is 0 Å². The van der Waals surface area contributed by atoms with Crippen LogP contribution in [0.1, 0.15) is 18.4 Å². The summed E-state index contributed by atoms with van der Waals surface area (Å²) in [5, 5.41) is 5.65. The van der Waals surface area contributed by atoms with Crippen LogP contribution in [0.5, 0.6) is 0 Å². The second kappa shape index (κ2) is 10.2. The molecule has 0 bridgehead atoms. The Kier molecular flexibility index (Phi) is 7.41. The summed E-state index contributed by atoms with van der Waals surface area (Å²) in [5.41, 5.74) is 12.1. The van der Waals surface area contributed by atoms with Crippen LogP contribution in [-0.2, 0) is 11.2 Å². The minimum atomic E-state index is -0.670. The molecular weight excluding hydrogens is 404 g/mol. The molecule has 3 unspecified atom stereocenters. The van der Waals surface area contributed by atoms with Crippen molar-refractivity contribution < 1.29 is 18.4 Å². The predicted octanol–water partition coefficient (Wildman–Crippen LogP) is 1.97. The molecule has 1 aliphatic rings. The van der Waals surface area contributed by atoms with Crippen molar-refractivity contribution in [1.82, 2.24) is 10.2 Å². The molecule has 0 spiro atoms. The van der Waals surface area contributed by atoms with Gasteiger partial charge in [-0.25, -0.2) is 13.6 Å². The van der Waals surface area contributed by atoms with Gasteiger partial charge in [0.2, 0.25) is 5.91 Å². The molecule has 2 aromatic carbocycles. The number of urea groups is 1. The predicted molar refractivity (Wildman–Crippen MR) is 114 cm³/mol. The number of hydrogen-bond acceptors (Lipinski definition) is 4. The second-order valence-electron chi connectivity index (χ2n) is 7.76. The number of likely N-dealkylation sites (tertiary alicyclic amines) is 1. The smallest absolute Gasteiger partial charge is 0.312 e. The highest BCUT2D eigenvalue weighted by Gasteiger charge is 2.36. The van der Waals surface area contributed by atoms with Gasteiger partial charge in [-0.2, -0.15) is 0 Å². The topological polar surface area (TPSA) is 113 Å². The first kappa shape index (κ1) is 22.5. The van der Waals surface area contributed by atoms with Gasteiger partial charge in [0, 0.05) is 25.6 Å². The molecule has 0 saturated carbocycles. The molecule has 0 aromatic heterocycles. The average molecular weight is 431 g/mol. The Morgan fingerprint density at radius 2 is 1.77 bits per heavy atom. The molecule has 0 radical (unpaired) electrons. The molecule has 9 heteroatoms. The molecule has 1 aliphatic heterocycles. The molecule has 3 atom stereocenters. The number of amides is 3. The number of nitrogens with two attached hydrogens (primary N) is 2. The van der Waals surface area contributed by atoms with E-state index in [1.165, 1.54) is 12.1 Å². The van der Waals surface area contributed by atoms with Gasteiger partial charge >= 0.3 is 6.03 Å². The van der Waals surface area contributed by atoms with Gasteiger partial charge in [-0.05, 0) is 36.6 Å². The fourth-order valence-corrected chi connectivity index (χ4v) is 3.91. The number of nitrogens with zero attached hydrogens (tertiary/aromatic N) is 1.